The molecule has 1 atom stereocenters. The zero-order chi connectivity index (χ0) is 11.4. The number of aliphatic hydroxyl groups excluding tert-OH is 1. The smallest absolute Gasteiger partial charge is 0.272 e. The van der Waals surface area contributed by atoms with Crippen LogP contribution in [0.1, 0.15) is 16.2 Å². The van der Waals surface area contributed by atoms with E-state index in [0.29, 0.717) is 10.5 Å². The van der Waals surface area contributed by atoms with E-state index in [4.69, 9.17) is 21.9 Å². The molecule has 1 aromatic rings. The highest BCUT2D eigenvalue weighted by molar-refractivity contribution is 6.18. The van der Waals surface area contributed by atoms with Gasteiger partial charge in [-0.1, -0.05) is 0 Å². The lowest BCUT2D eigenvalue weighted by atomic mass is 10.3. The van der Waals surface area contributed by atoms with Crippen molar-refractivity contribution in [1.82, 2.24) is 15.3 Å². The van der Waals surface area contributed by atoms with Gasteiger partial charge in [0.15, 0.2) is 5.69 Å². The number of aliphatic hydroxyl groups is 1. The summed E-state index contributed by atoms with van der Waals surface area (Å²) in [7, 11) is 0. The maximum Gasteiger partial charge on any atom is 0.272 e. The second kappa shape index (κ2) is 4.99. The summed E-state index contributed by atoms with van der Waals surface area (Å²) in [6.07, 6.45) is -0.784. The third kappa shape index (κ3) is 3.10. The van der Waals surface area contributed by atoms with Crippen molar-refractivity contribution in [2.24, 2.45) is 0 Å². The van der Waals surface area contributed by atoms with E-state index in [0.717, 1.165) is 0 Å². The Kier molecular flexibility index (Phi) is 3.93. The van der Waals surface area contributed by atoms with Gasteiger partial charge >= 0.3 is 0 Å². The van der Waals surface area contributed by atoms with Gasteiger partial charge in [0.1, 0.15) is 0 Å². The van der Waals surface area contributed by atoms with Crippen LogP contribution in [0.2, 0.25) is 0 Å². The predicted molar refractivity (Wildman–Crippen MR) is 53.2 cm³/mol. The van der Waals surface area contributed by atoms with E-state index >= 15 is 0 Å². The average Bonchev–Trinajstić information content (AvgIpc) is 2.55. The molecule has 7 heteroatoms. The molecule has 6 nitrogen and oxygen atoms in total. The van der Waals surface area contributed by atoms with Gasteiger partial charge in [0.2, 0.25) is 0 Å². The second-order valence-corrected chi connectivity index (χ2v) is 3.39. The van der Waals surface area contributed by atoms with Gasteiger partial charge in [-0.3, -0.25) is 4.79 Å². The number of carbonyl (C=O) groups is 1. The molecule has 1 aromatic heterocycles. The quantitative estimate of drug-likeness (QED) is 0.495. The van der Waals surface area contributed by atoms with Crippen molar-refractivity contribution >= 4 is 17.5 Å². The van der Waals surface area contributed by atoms with E-state index in [1.54, 1.807) is 6.92 Å². The van der Waals surface area contributed by atoms with Gasteiger partial charge in [-0.05, 0) is 13.0 Å². The summed E-state index contributed by atoms with van der Waals surface area (Å²) in [5.74, 6) is -0.414. The number of nitrogens with zero attached hydrogens (tertiary/aromatic N) is 2. The molecule has 0 saturated carbocycles. The van der Waals surface area contributed by atoms with Crippen LogP contribution >= 0.6 is 11.6 Å². The Bertz CT molecular complexity index is 333. The summed E-state index contributed by atoms with van der Waals surface area (Å²) in [5.41, 5.74) is 0.551. The fourth-order valence-corrected chi connectivity index (χ4v) is 1.04. The maximum absolute atomic E-state index is 11.4. The number of nitrogens with one attached hydrogen (secondary N) is 1. The minimum Gasteiger partial charge on any atom is -0.411 e. The number of rotatable bonds is 4. The predicted octanol–water partition coefficient (Wildman–Crippen LogP) is -0.242. The Hall–Kier alpha value is -1.27. The van der Waals surface area contributed by atoms with Crippen LogP contribution < -0.4 is 5.32 Å². The summed E-state index contributed by atoms with van der Waals surface area (Å²) < 4.78 is 0. The van der Waals surface area contributed by atoms with Crippen LogP contribution in [0.25, 0.3) is 0 Å². The molecule has 0 spiro atoms. The minimum absolute atomic E-state index is 0.0494. The molecule has 1 unspecified atom stereocenters. The Morgan fingerprint density at radius 2 is 2.47 bits per heavy atom. The number of carbonyl (C=O) groups excluding carboxylic acids is 1. The Morgan fingerprint density at radius 3 is 2.93 bits per heavy atom. The van der Waals surface area contributed by atoms with Crippen LogP contribution in [0, 0.1) is 6.92 Å². The van der Waals surface area contributed by atoms with Gasteiger partial charge < -0.3 is 15.6 Å². The van der Waals surface area contributed by atoms with Crippen LogP contribution in [0.4, 0.5) is 0 Å². The molecule has 0 radical (unpaired) electrons. The summed E-state index contributed by atoms with van der Waals surface area (Å²) >= 11 is 5.35. The normalized spacial score (nSPS) is 12.5. The first kappa shape index (κ1) is 11.8. The number of hydrogen-bond donors (Lipinski definition) is 3. The summed E-state index contributed by atoms with van der Waals surface area (Å²) in [4.78, 5) is 12.0. The van der Waals surface area contributed by atoms with Gasteiger partial charge in [-0.2, -0.15) is 0 Å². The number of halogens is 1. The molecule has 0 aliphatic carbocycles. The Balaban J connectivity index is 2.54. The lowest BCUT2D eigenvalue weighted by molar-refractivity contribution is 0.0906. The third-order valence-corrected chi connectivity index (χ3v) is 2.13. The average molecular weight is 234 g/mol. The second-order valence-electron chi connectivity index (χ2n) is 3.08. The summed E-state index contributed by atoms with van der Waals surface area (Å²) in [6, 6.07) is 1.43. The van der Waals surface area contributed by atoms with Crippen LogP contribution in [-0.4, -0.2) is 44.7 Å². The Labute approximate surface area is 91.4 Å². The number of amides is 1. The molecule has 0 bridgehead atoms. The summed E-state index contributed by atoms with van der Waals surface area (Å²) in [5, 5.41) is 24.1. The number of alkyl halides is 1. The summed E-state index contributed by atoms with van der Waals surface area (Å²) in [6.45, 7) is 1.66. The topological polar surface area (TPSA) is 87.4 Å². The van der Waals surface area contributed by atoms with Crippen LogP contribution in [0.3, 0.4) is 0 Å². The molecule has 0 aliphatic rings. The number of aromatic nitrogens is 2. The van der Waals surface area contributed by atoms with Gasteiger partial charge in [-0.25, -0.2) is 0 Å². The molecular weight excluding hydrogens is 222 g/mol. The van der Waals surface area contributed by atoms with Crippen molar-refractivity contribution in [2.45, 2.75) is 13.0 Å². The molecule has 1 rings (SSSR count). The first-order valence-electron chi connectivity index (χ1n) is 4.32. The highest BCUT2D eigenvalue weighted by atomic mass is 35.5. The lowest BCUT2D eigenvalue weighted by Crippen LogP contribution is -2.33. The molecule has 1 heterocycles. The van der Waals surface area contributed by atoms with E-state index in [2.05, 4.69) is 10.4 Å². The minimum atomic E-state index is -0.784. The van der Waals surface area contributed by atoms with E-state index < -0.39 is 12.0 Å². The lowest BCUT2D eigenvalue weighted by Gasteiger charge is -2.06. The zero-order valence-electron chi connectivity index (χ0n) is 8.14. The standard InChI is InChI=1S/C8H12ClN3O3/c1-5-2-7(11-12(5)15)8(14)10-4-6(13)3-9/h2,6,13,15H,3-4H2,1H3,(H,10,14). The van der Waals surface area contributed by atoms with Gasteiger partial charge in [0, 0.05) is 6.54 Å². The van der Waals surface area contributed by atoms with Crippen molar-refractivity contribution in [3.8, 4) is 0 Å². The number of hydrogen-bond acceptors (Lipinski definition) is 4. The van der Waals surface area contributed by atoms with Gasteiger partial charge in [0.05, 0.1) is 17.7 Å². The highest BCUT2D eigenvalue weighted by Gasteiger charge is 2.12. The number of aryl methyl sites for hydroxylation is 1. The highest BCUT2D eigenvalue weighted by Crippen LogP contribution is 2.00. The molecule has 84 valence electrons. The van der Waals surface area contributed by atoms with E-state index in [1.165, 1.54) is 6.07 Å². The molecule has 0 aliphatic heterocycles. The van der Waals surface area contributed by atoms with Gasteiger partial charge in [-0.15, -0.1) is 21.5 Å². The van der Waals surface area contributed by atoms with Crippen LogP contribution in [0.5, 0.6) is 0 Å². The molecule has 0 aromatic carbocycles. The largest absolute Gasteiger partial charge is 0.411 e. The van der Waals surface area contributed by atoms with Gasteiger partial charge in [0.25, 0.3) is 5.91 Å². The fraction of sp³-hybridized carbons (Fsp3) is 0.500. The van der Waals surface area contributed by atoms with E-state index in [-0.39, 0.29) is 18.1 Å². The van der Waals surface area contributed by atoms with Crippen molar-refractivity contribution in [2.75, 3.05) is 12.4 Å². The van der Waals surface area contributed by atoms with Crippen molar-refractivity contribution in [3.05, 3.63) is 17.5 Å². The molecule has 0 fully saturated rings. The molecule has 3 N–H and O–H groups in total. The molecular formula is C8H12ClN3O3. The zero-order valence-corrected chi connectivity index (χ0v) is 8.90. The SMILES string of the molecule is Cc1cc(C(=O)NCC(O)CCl)nn1O. The van der Waals surface area contributed by atoms with E-state index in [1.807, 2.05) is 0 Å². The van der Waals surface area contributed by atoms with Crippen molar-refractivity contribution in [3.63, 3.8) is 0 Å². The van der Waals surface area contributed by atoms with Crippen molar-refractivity contribution < 1.29 is 15.1 Å². The first-order chi connectivity index (χ1) is 7.04. The van der Waals surface area contributed by atoms with Crippen LogP contribution in [-0.2, 0) is 0 Å². The van der Waals surface area contributed by atoms with E-state index in [9.17, 15) is 4.79 Å². The molecule has 0 saturated heterocycles. The Morgan fingerprint density at radius 1 is 1.80 bits per heavy atom. The molecule has 1 amide bonds. The fourth-order valence-electron chi connectivity index (χ4n) is 0.932. The third-order valence-electron chi connectivity index (χ3n) is 1.77. The monoisotopic (exact) mass is 233 g/mol. The first-order valence-corrected chi connectivity index (χ1v) is 4.86. The molecule has 15 heavy (non-hydrogen) atoms. The van der Waals surface area contributed by atoms with Crippen LogP contribution in [0.15, 0.2) is 6.07 Å². The van der Waals surface area contributed by atoms with Crippen molar-refractivity contribution in [1.29, 1.82) is 0 Å². The maximum atomic E-state index is 11.4.